The molecule has 4 heteroatoms. The first-order chi connectivity index (χ1) is 8.04. The first kappa shape index (κ1) is 13.2. The molecule has 2 rings (SSSR count). The van der Waals surface area contributed by atoms with E-state index in [1.165, 1.54) is 5.56 Å². The van der Waals surface area contributed by atoms with Gasteiger partial charge >= 0.3 is 0 Å². The number of hydrogen-bond donors (Lipinski definition) is 1. The van der Waals surface area contributed by atoms with E-state index in [4.69, 9.17) is 23.2 Å². The number of hydrogen-bond acceptors (Lipinski definition) is 2. The molecular weight excluding hydrogens is 255 g/mol. The summed E-state index contributed by atoms with van der Waals surface area (Å²) in [5.74, 6) is 0. The van der Waals surface area contributed by atoms with Crippen molar-refractivity contribution < 1.29 is 0 Å². The van der Waals surface area contributed by atoms with Crippen LogP contribution in [0.1, 0.15) is 19.4 Å². The predicted molar refractivity (Wildman–Crippen MR) is 73.8 cm³/mol. The number of halogens is 2. The topological polar surface area (TPSA) is 15.3 Å². The van der Waals surface area contributed by atoms with E-state index in [1.54, 1.807) is 0 Å². The van der Waals surface area contributed by atoms with E-state index in [2.05, 4.69) is 24.1 Å². The fourth-order valence-electron chi connectivity index (χ4n) is 2.47. The van der Waals surface area contributed by atoms with E-state index >= 15 is 0 Å². The van der Waals surface area contributed by atoms with Gasteiger partial charge < -0.3 is 5.32 Å². The van der Waals surface area contributed by atoms with Gasteiger partial charge in [0.1, 0.15) is 0 Å². The molecule has 1 aliphatic heterocycles. The average molecular weight is 273 g/mol. The molecular formula is C13H18Cl2N2. The van der Waals surface area contributed by atoms with Gasteiger partial charge in [0.15, 0.2) is 0 Å². The Balaban J connectivity index is 2.02. The van der Waals surface area contributed by atoms with E-state index in [9.17, 15) is 0 Å². The van der Waals surface area contributed by atoms with Gasteiger partial charge in [-0.25, -0.2) is 0 Å². The van der Waals surface area contributed by atoms with Crippen LogP contribution in [0.5, 0.6) is 0 Å². The first-order valence-corrected chi connectivity index (χ1v) is 6.72. The molecule has 2 unspecified atom stereocenters. The molecule has 0 radical (unpaired) electrons. The van der Waals surface area contributed by atoms with Crippen LogP contribution in [0.25, 0.3) is 0 Å². The van der Waals surface area contributed by atoms with Crippen LogP contribution in [-0.4, -0.2) is 30.1 Å². The van der Waals surface area contributed by atoms with Crippen LogP contribution >= 0.6 is 23.2 Å². The maximum Gasteiger partial charge on any atom is 0.0595 e. The molecule has 1 fully saturated rings. The lowest BCUT2D eigenvalue weighted by Gasteiger charge is -2.36. The molecule has 0 spiro atoms. The van der Waals surface area contributed by atoms with E-state index in [0.717, 1.165) is 19.6 Å². The van der Waals surface area contributed by atoms with Gasteiger partial charge in [0, 0.05) is 31.7 Å². The van der Waals surface area contributed by atoms with Crippen molar-refractivity contribution >= 4 is 23.2 Å². The smallest absolute Gasteiger partial charge is 0.0595 e. The SMILES string of the molecule is CC1CN(Cc2ccc(Cl)c(Cl)c2)CC(C)N1. The van der Waals surface area contributed by atoms with Crippen LogP contribution in [0, 0.1) is 0 Å². The van der Waals surface area contributed by atoms with Gasteiger partial charge in [-0.15, -0.1) is 0 Å². The molecule has 1 aromatic rings. The van der Waals surface area contributed by atoms with E-state index in [1.807, 2.05) is 18.2 Å². The summed E-state index contributed by atoms with van der Waals surface area (Å²) in [6.45, 7) is 7.53. The Hall–Kier alpha value is -0.280. The number of nitrogens with zero attached hydrogens (tertiary/aromatic N) is 1. The predicted octanol–water partition coefficient (Wildman–Crippen LogP) is 3.18. The summed E-state index contributed by atoms with van der Waals surface area (Å²) in [6, 6.07) is 6.96. The fourth-order valence-corrected chi connectivity index (χ4v) is 2.79. The van der Waals surface area contributed by atoms with Gasteiger partial charge in [-0.1, -0.05) is 29.3 Å². The van der Waals surface area contributed by atoms with Gasteiger partial charge in [0.05, 0.1) is 10.0 Å². The zero-order valence-electron chi connectivity index (χ0n) is 10.2. The molecule has 0 aliphatic carbocycles. The molecule has 1 saturated heterocycles. The summed E-state index contributed by atoms with van der Waals surface area (Å²) in [7, 11) is 0. The zero-order chi connectivity index (χ0) is 12.4. The van der Waals surface area contributed by atoms with Crippen LogP contribution in [0.3, 0.4) is 0 Å². The van der Waals surface area contributed by atoms with Gasteiger partial charge in [-0.2, -0.15) is 0 Å². The lowest BCUT2D eigenvalue weighted by molar-refractivity contribution is 0.166. The summed E-state index contributed by atoms with van der Waals surface area (Å²) in [5.41, 5.74) is 1.22. The molecule has 1 aliphatic rings. The highest BCUT2D eigenvalue weighted by Crippen LogP contribution is 2.23. The maximum atomic E-state index is 6.03. The minimum atomic E-state index is 0.543. The van der Waals surface area contributed by atoms with Crippen LogP contribution < -0.4 is 5.32 Å². The third-order valence-electron chi connectivity index (χ3n) is 3.02. The molecule has 1 heterocycles. The van der Waals surface area contributed by atoms with E-state index in [0.29, 0.717) is 22.1 Å². The maximum absolute atomic E-state index is 6.03. The quantitative estimate of drug-likeness (QED) is 0.890. The number of nitrogens with one attached hydrogen (secondary N) is 1. The third kappa shape index (κ3) is 3.59. The number of rotatable bonds is 2. The monoisotopic (exact) mass is 272 g/mol. The van der Waals surface area contributed by atoms with Gasteiger partial charge in [0.2, 0.25) is 0 Å². The molecule has 0 saturated carbocycles. The zero-order valence-corrected chi connectivity index (χ0v) is 11.7. The van der Waals surface area contributed by atoms with E-state index < -0.39 is 0 Å². The molecule has 1 N–H and O–H groups in total. The molecule has 0 amide bonds. The highest BCUT2D eigenvalue weighted by molar-refractivity contribution is 6.42. The highest BCUT2D eigenvalue weighted by Gasteiger charge is 2.20. The second-order valence-corrected chi connectivity index (χ2v) is 5.73. The molecule has 17 heavy (non-hydrogen) atoms. The number of benzene rings is 1. The lowest BCUT2D eigenvalue weighted by atomic mass is 10.1. The van der Waals surface area contributed by atoms with Crippen molar-refractivity contribution in [3.05, 3.63) is 33.8 Å². The standard InChI is InChI=1S/C13H18Cl2N2/c1-9-6-17(7-10(2)16-9)8-11-3-4-12(14)13(15)5-11/h3-5,9-10,16H,6-8H2,1-2H3. The van der Waals surface area contributed by atoms with Crippen molar-refractivity contribution in [2.45, 2.75) is 32.5 Å². The largest absolute Gasteiger partial charge is 0.309 e. The molecule has 0 aromatic heterocycles. The van der Waals surface area contributed by atoms with Crippen molar-refractivity contribution in [1.82, 2.24) is 10.2 Å². The van der Waals surface area contributed by atoms with E-state index in [-0.39, 0.29) is 0 Å². The minimum Gasteiger partial charge on any atom is -0.309 e. The fraction of sp³-hybridized carbons (Fsp3) is 0.538. The van der Waals surface area contributed by atoms with Crippen molar-refractivity contribution in [2.75, 3.05) is 13.1 Å². The first-order valence-electron chi connectivity index (χ1n) is 5.97. The Kier molecular flexibility index (Phi) is 4.31. The minimum absolute atomic E-state index is 0.543. The molecule has 94 valence electrons. The Morgan fingerprint density at radius 3 is 2.41 bits per heavy atom. The Morgan fingerprint density at radius 1 is 1.18 bits per heavy atom. The molecule has 1 aromatic carbocycles. The summed E-state index contributed by atoms with van der Waals surface area (Å²) in [6.07, 6.45) is 0. The molecule has 2 atom stereocenters. The second-order valence-electron chi connectivity index (χ2n) is 4.91. The summed E-state index contributed by atoms with van der Waals surface area (Å²) >= 11 is 11.9. The highest BCUT2D eigenvalue weighted by atomic mass is 35.5. The summed E-state index contributed by atoms with van der Waals surface area (Å²) in [5, 5.41) is 4.79. The average Bonchev–Trinajstić information content (AvgIpc) is 2.22. The normalized spacial score (nSPS) is 26.1. The Labute approximate surface area is 113 Å². The van der Waals surface area contributed by atoms with Crippen molar-refractivity contribution in [1.29, 1.82) is 0 Å². The van der Waals surface area contributed by atoms with Crippen molar-refractivity contribution in [3.8, 4) is 0 Å². The van der Waals surface area contributed by atoms with Crippen molar-refractivity contribution in [3.63, 3.8) is 0 Å². The van der Waals surface area contributed by atoms with Crippen LogP contribution in [0.15, 0.2) is 18.2 Å². The number of piperazine rings is 1. The van der Waals surface area contributed by atoms with Gasteiger partial charge in [-0.05, 0) is 31.5 Å². The molecule has 0 bridgehead atoms. The third-order valence-corrected chi connectivity index (χ3v) is 3.76. The second kappa shape index (κ2) is 5.57. The summed E-state index contributed by atoms with van der Waals surface area (Å²) in [4.78, 5) is 2.45. The molecule has 2 nitrogen and oxygen atoms in total. The van der Waals surface area contributed by atoms with Crippen LogP contribution in [0.4, 0.5) is 0 Å². The van der Waals surface area contributed by atoms with Crippen LogP contribution in [0.2, 0.25) is 10.0 Å². The van der Waals surface area contributed by atoms with Crippen molar-refractivity contribution in [2.24, 2.45) is 0 Å². The van der Waals surface area contributed by atoms with Gasteiger partial charge in [-0.3, -0.25) is 4.90 Å². The Morgan fingerprint density at radius 2 is 1.82 bits per heavy atom. The van der Waals surface area contributed by atoms with Crippen LogP contribution in [-0.2, 0) is 6.54 Å². The Bertz CT molecular complexity index is 385. The lowest BCUT2D eigenvalue weighted by Crippen LogP contribution is -2.53. The van der Waals surface area contributed by atoms with Gasteiger partial charge in [0.25, 0.3) is 0 Å². The summed E-state index contributed by atoms with van der Waals surface area (Å²) < 4.78 is 0.